The molecule has 0 aromatic rings. The SMILES string of the molecule is CCCCC/C=C\C/C=C\C/C=C\CCCCCCC(=O)OC[C@@H]1COP(=O)(O)O[C@H]2[C@H](O)[C@@H](O)[C@H](O)[C@@H](CCCCCCC(=O)O1)C(=O)C[C@@H](O)[C@H](C=C[C@@H](O)CCCCC)[C@@H](O)[C@H]2OP(=O)(O)O. The number of fused-ring (bicyclic) bond motifs is 4. The van der Waals surface area contributed by atoms with Crippen molar-refractivity contribution < 1.29 is 91.9 Å². The van der Waals surface area contributed by atoms with E-state index in [2.05, 4.69) is 43.4 Å². The van der Waals surface area contributed by atoms with Gasteiger partial charge in [0.2, 0.25) is 0 Å². The van der Waals surface area contributed by atoms with Crippen molar-refractivity contribution in [2.75, 3.05) is 13.2 Å². The molecule has 1 heterocycles. The average Bonchev–Trinajstić information content (AvgIpc) is 3.30. The Morgan fingerprint density at radius 1 is 0.800 bits per heavy atom. The van der Waals surface area contributed by atoms with Crippen molar-refractivity contribution in [1.29, 1.82) is 0 Å². The maximum Gasteiger partial charge on any atom is 0.472 e. The van der Waals surface area contributed by atoms with Crippen LogP contribution in [0.5, 0.6) is 0 Å². The molecule has 70 heavy (non-hydrogen) atoms. The molecule has 1 aliphatic carbocycles. The van der Waals surface area contributed by atoms with Crippen molar-refractivity contribution >= 4 is 33.4 Å². The summed E-state index contributed by atoms with van der Waals surface area (Å²) in [7, 11) is -11.5. The Balaban J connectivity index is 2.25. The summed E-state index contributed by atoms with van der Waals surface area (Å²) in [6, 6.07) is 0. The maximum atomic E-state index is 13.7. The molecule has 0 amide bonds. The summed E-state index contributed by atoms with van der Waals surface area (Å²) in [5.41, 5.74) is 0. The van der Waals surface area contributed by atoms with E-state index < -0.39 is 120 Å². The van der Waals surface area contributed by atoms with Crippen LogP contribution in [0.25, 0.3) is 0 Å². The lowest BCUT2D eigenvalue weighted by atomic mass is 9.83. The lowest BCUT2D eigenvalue weighted by molar-refractivity contribution is -0.165. The van der Waals surface area contributed by atoms with Gasteiger partial charge in [-0.15, -0.1) is 0 Å². The average molecular weight is 1040 g/mol. The van der Waals surface area contributed by atoms with Crippen LogP contribution in [0.1, 0.15) is 162 Å². The Kier molecular flexibility index (Phi) is 32.4. The summed E-state index contributed by atoms with van der Waals surface area (Å²) in [5, 5.41) is 68.2. The van der Waals surface area contributed by atoms with Gasteiger partial charge in [-0.05, 0) is 64.2 Å². The first-order valence-corrected chi connectivity index (χ1v) is 28.3. The van der Waals surface area contributed by atoms with E-state index in [1.807, 2.05) is 6.92 Å². The van der Waals surface area contributed by atoms with Gasteiger partial charge in [-0.2, -0.15) is 0 Å². The van der Waals surface area contributed by atoms with E-state index in [9.17, 15) is 68.8 Å². The molecule has 0 aromatic carbocycles. The molecule has 12 atom stereocenters. The van der Waals surface area contributed by atoms with E-state index in [0.717, 1.165) is 63.9 Å². The number of phosphoric acid groups is 2. The molecule has 1 saturated carbocycles. The molecule has 0 aromatic heterocycles. The Hall–Kier alpha value is -2.45. The zero-order valence-electron chi connectivity index (χ0n) is 41.1. The number of esters is 2. The number of carbonyl (C=O) groups excluding carboxylic acids is 3. The van der Waals surface area contributed by atoms with Gasteiger partial charge in [-0.1, -0.05) is 127 Å². The molecular weight excluding hydrogens is 954 g/mol. The number of phosphoric ester groups is 2. The van der Waals surface area contributed by atoms with Gasteiger partial charge in [-0.3, -0.25) is 28.0 Å². The minimum atomic E-state index is -5.78. The number of ether oxygens (including phenoxy) is 2. The second-order valence-corrected chi connectivity index (χ2v) is 20.9. The van der Waals surface area contributed by atoms with Crippen LogP contribution in [0.4, 0.5) is 0 Å². The molecule has 1 saturated heterocycles. The second kappa shape index (κ2) is 35.7. The van der Waals surface area contributed by atoms with Gasteiger partial charge in [-0.25, -0.2) is 9.13 Å². The van der Waals surface area contributed by atoms with Gasteiger partial charge in [0.05, 0.1) is 31.0 Å². The van der Waals surface area contributed by atoms with Crippen LogP contribution in [0, 0.1) is 11.8 Å². The number of Topliss-reactive ketones (excluding diaryl/α,β-unsaturated/α-hetero) is 1. The summed E-state index contributed by atoms with van der Waals surface area (Å²) in [6.45, 7) is 2.53. The molecule has 2 bridgehead atoms. The standard InChI is InChI=1S/C49H84O19P2/c1-3-5-7-8-9-10-11-12-13-14-15-16-17-18-19-20-25-29-42(53)64-34-37-35-65-70(62,63)68-49-47(58)46(57)44(55)38(28-24-21-22-26-30-43(54)66-37)40(51)33-41(52)39(32-31-36(50)27-23-6-4-2)45(56)48(49)67-69(59,60)61/h9-10,12-13,15-16,31-32,36-39,41,44-50,52,55-58H,3-8,11,14,17-30,33-35H2,1-2H3,(H,62,63)(H2,59,60,61)/b10-9-,13-12-,16-15-,32-31?/t36-,37+,38-,39-,41+,44+,45+,46-,47+,48+,49-/m0/s1. The predicted octanol–water partition coefficient (Wildman–Crippen LogP) is 6.65. The van der Waals surface area contributed by atoms with E-state index in [-0.39, 0.29) is 38.5 Å². The van der Waals surface area contributed by atoms with Crippen molar-refractivity contribution in [2.45, 2.75) is 216 Å². The predicted molar refractivity (Wildman–Crippen MR) is 261 cm³/mol. The molecule has 404 valence electrons. The third kappa shape index (κ3) is 27.0. The molecule has 21 heteroatoms. The number of carbonyl (C=O) groups is 3. The fourth-order valence-corrected chi connectivity index (χ4v) is 9.76. The normalized spacial score (nSPS) is 30.2. The number of ketones is 1. The van der Waals surface area contributed by atoms with Crippen LogP contribution < -0.4 is 0 Å². The second-order valence-electron chi connectivity index (χ2n) is 18.3. The van der Waals surface area contributed by atoms with E-state index in [1.165, 1.54) is 25.3 Å². The lowest BCUT2D eigenvalue weighted by Crippen LogP contribution is -2.56. The molecule has 2 aliphatic rings. The van der Waals surface area contributed by atoms with Crippen LogP contribution in [-0.4, -0.2) is 131 Å². The summed E-state index contributed by atoms with van der Waals surface area (Å²) in [4.78, 5) is 70.5. The van der Waals surface area contributed by atoms with Crippen LogP contribution in [0.2, 0.25) is 0 Å². The van der Waals surface area contributed by atoms with E-state index in [0.29, 0.717) is 25.7 Å². The number of unbranched alkanes of at least 4 members (excludes halogenated alkanes) is 9. The Labute approximate surface area is 414 Å². The van der Waals surface area contributed by atoms with Gasteiger partial charge in [0.15, 0.2) is 6.10 Å². The third-order valence-electron chi connectivity index (χ3n) is 12.3. The molecule has 0 radical (unpaired) electrons. The molecule has 1 unspecified atom stereocenters. The fraction of sp³-hybridized carbons (Fsp3) is 0.776. The highest BCUT2D eigenvalue weighted by Gasteiger charge is 2.51. The van der Waals surface area contributed by atoms with Crippen LogP contribution in [-0.2, 0) is 46.6 Å². The number of hydrogen-bond acceptors (Lipinski definition) is 16. The van der Waals surface area contributed by atoms with Crippen molar-refractivity contribution in [2.24, 2.45) is 11.8 Å². The topological polar surface area (TPSA) is 314 Å². The minimum Gasteiger partial charge on any atom is -0.462 e. The van der Waals surface area contributed by atoms with Gasteiger partial charge in [0, 0.05) is 31.1 Å². The van der Waals surface area contributed by atoms with Crippen molar-refractivity contribution in [3.8, 4) is 0 Å². The molecule has 2 rings (SSSR count). The third-order valence-corrected chi connectivity index (χ3v) is 13.8. The fourth-order valence-electron chi connectivity index (χ4n) is 8.23. The van der Waals surface area contributed by atoms with Crippen molar-refractivity contribution in [3.05, 3.63) is 48.6 Å². The highest BCUT2D eigenvalue weighted by atomic mass is 31.2. The largest absolute Gasteiger partial charge is 0.472 e. The quantitative estimate of drug-likeness (QED) is 0.0200. The molecular formula is C49H84O19P2. The molecule has 19 nitrogen and oxygen atoms in total. The van der Waals surface area contributed by atoms with Gasteiger partial charge < -0.3 is 54.8 Å². The number of rotatable bonds is 25. The zero-order chi connectivity index (χ0) is 52.0. The minimum absolute atomic E-state index is 0.0307. The first kappa shape index (κ1) is 63.7. The van der Waals surface area contributed by atoms with Gasteiger partial charge >= 0.3 is 27.6 Å². The number of aliphatic hydroxyl groups excluding tert-OH is 6. The number of hydrogen-bond donors (Lipinski definition) is 9. The van der Waals surface area contributed by atoms with Crippen molar-refractivity contribution in [3.63, 3.8) is 0 Å². The molecule has 9 N–H and O–H groups in total. The zero-order valence-corrected chi connectivity index (χ0v) is 42.9. The van der Waals surface area contributed by atoms with E-state index in [4.69, 9.17) is 23.0 Å². The monoisotopic (exact) mass is 1040 g/mol. The molecule has 1 aliphatic heterocycles. The van der Waals surface area contributed by atoms with E-state index >= 15 is 0 Å². The Morgan fingerprint density at radius 3 is 2.07 bits per heavy atom. The summed E-state index contributed by atoms with van der Waals surface area (Å²) in [5.74, 6) is -5.49. The first-order valence-electron chi connectivity index (χ1n) is 25.3. The summed E-state index contributed by atoms with van der Waals surface area (Å²) in [6.07, 6.45) is 8.93. The highest BCUT2D eigenvalue weighted by Crippen LogP contribution is 2.49. The van der Waals surface area contributed by atoms with Crippen LogP contribution >= 0.6 is 15.6 Å². The Morgan fingerprint density at radius 2 is 1.41 bits per heavy atom. The highest BCUT2D eigenvalue weighted by molar-refractivity contribution is 7.47. The summed E-state index contributed by atoms with van der Waals surface area (Å²) >= 11 is 0. The van der Waals surface area contributed by atoms with Gasteiger partial charge in [0.25, 0.3) is 0 Å². The Bertz CT molecular complexity index is 1700. The summed E-state index contributed by atoms with van der Waals surface area (Å²) < 4.78 is 52.1. The molecule has 0 spiro atoms. The number of aliphatic hydroxyl groups is 6. The number of cyclic esters (lactones) is 1. The first-order chi connectivity index (χ1) is 33.3. The van der Waals surface area contributed by atoms with Crippen LogP contribution in [0.15, 0.2) is 48.6 Å². The van der Waals surface area contributed by atoms with Crippen LogP contribution in [0.3, 0.4) is 0 Å². The number of allylic oxidation sites excluding steroid dienone is 6. The smallest absolute Gasteiger partial charge is 0.462 e. The van der Waals surface area contributed by atoms with Gasteiger partial charge in [0.1, 0.15) is 36.8 Å². The van der Waals surface area contributed by atoms with Crippen molar-refractivity contribution in [1.82, 2.24) is 0 Å². The lowest BCUT2D eigenvalue weighted by Gasteiger charge is -2.38. The van der Waals surface area contributed by atoms with E-state index in [1.54, 1.807) is 0 Å². The molecule has 2 fully saturated rings. The maximum absolute atomic E-state index is 13.7.